The molecule has 132 valence electrons. The Kier molecular flexibility index (Phi) is 5.87. The fourth-order valence-electron chi connectivity index (χ4n) is 1.99. The van der Waals surface area contributed by atoms with Gasteiger partial charge < -0.3 is 10.2 Å². The van der Waals surface area contributed by atoms with Crippen molar-refractivity contribution in [3.05, 3.63) is 28.2 Å². The van der Waals surface area contributed by atoms with Crippen molar-refractivity contribution in [1.29, 1.82) is 0 Å². The number of rotatable bonds is 8. The minimum atomic E-state index is -0.128. The number of hydrogen-bond acceptors (Lipinski definition) is 6. The van der Waals surface area contributed by atoms with Crippen LogP contribution >= 0.6 is 23.1 Å². The van der Waals surface area contributed by atoms with Crippen LogP contribution in [0, 0.1) is 0 Å². The number of aromatic nitrogens is 3. The summed E-state index contributed by atoms with van der Waals surface area (Å²) < 4.78 is 0. The second-order valence-corrected chi connectivity index (χ2v) is 7.65. The number of likely N-dealkylation sites (N-methyl/N-ethyl adjacent to an activating group) is 1. The number of carbonyl (C=O) groups is 2. The monoisotopic (exact) mass is 377 g/mol. The highest BCUT2D eigenvalue weighted by atomic mass is 32.2. The van der Waals surface area contributed by atoms with Gasteiger partial charge in [-0.1, -0.05) is 17.8 Å². The number of nitrogens with zero attached hydrogens (tertiary/aromatic N) is 3. The Morgan fingerprint density at radius 3 is 3.04 bits per heavy atom. The summed E-state index contributed by atoms with van der Waals surface area (Å²) >= 11 is 2.89. The van der Waals surface area contributed by atoms with Crippen molar-refractivity contribution in [1.82, 2.24) is 25.4 Å². The minimum Gasteiger partial charge on any atom is -0.352 e. The molecule has 0 aliphatic heterocycles. The topological polar surface area (TPSA) is 91.0 Å². The molecule has 1 aliphatic rings. The van der Waals surface area contributed by atoms with Gasteiger partial charge in [-0.15, -0.1) is 16.4 Å². The zero-order chi connectivity index (χ0) is 17.6. The van der Waals surface area contributed by atoms with E-state index in [1.807, 2.05) is 29.7 Å². The molecule has 0 aromatic carbocycles. The Morgan fingerprint density at radius 1 is 1.48 bits per heavy atom. The molecule has 1 aliphatic carbocycles. The van der Waals surface area contributed by atoms with Crippen molar-refractivity contribution in [3.8, 4) is 0 Å². The number of hydrogen-bond donors (Lipinski definition) is 2. The van der Waals surface area contributed by atoms with E-state index in [-0.39, 0.29) is 24.1 Å². The van der Waals surface area contributed by atoms with E-state index in [1.165, 1.54) is 16.7 Å². The van der Waals surface area contributed by atoms with E-state index in [0.29, 0.717) is 17.0 Å². The van der Waals surface area contributed by atoms with Crippen LogP contribution in [0.4, 0.5) is 0 Å². The molecule has 0 radical (unpaired) electrons. The number of amides is 2. The van der Waals surface area contributed by atoms with Gasteiger partial charge in [-0.3, -0.25) is 14.7 Å². The van der Waals surface area contributed by atoms with Crippen LogP contribution in [0.3, 0.4) is 0 Å². The summed E-state index contributed by atoms with van der Waals surface area (Å²) in [5.41, 5.74) is 0. The van der Waals surface area contributed by atoms with Gasteiger partial charge in [0, 0.05) is 18.0 Å². The van der Waals surface area contributed by atoms with Gasteiger partial charge >= 0.3 is 0 Å². The molecule has 2 heterocycles. The summed E-state index contributed by atoms with van der Waals surface area (Å²) in [7, 11) is 1.63. The summed E-state index contributed by atoms with van der Waals surface area (Å²) in [6, 6.07) is 4.31. The van der Waals surface area contributed by atoms with Crippen molar-refractivity contribution in [3.63, 3.8) is 0 Å². The van der Waals surface area contributed by atoms with Gasteiger partial charge in [-0.2, -0.15) is 0 Å². The normalized spacial score (nSPS) is 14.0. The Hall–Kier alpha value is -2.13. The number of carbonyl (C=O) groups excluding carboxylic acids is 2. The standard InChI is InChI=1S/C16H19N5O2S2/c1-21(9-14(22)17-11-4-5-11)15(23)10-25-16-18-13(19-20-16)7-6-12-3-2-8-24-12/h2-3,6-8,11H,4-5,9-10H2,1H3,(H,17,22)(H,18,19,20)/b7-6+. The smallest absolute Gasteiger partial charge is 0.239 e. The van der Waals surface area contributed by atoms with Gasteiger partial charge in [0.05, 0.1) is 12.3 Å². The lowest BCUT2D eigenvalue weighted by atomic mass is 10.4. The lowest BCUT2D eigenvalue weighted by Gasteiger charge is -2.16. The molecule has 25 heavy (non-hydrogen) atoms. The molecule has 0 spiro atoms. The van der Waals surface area contributed by atoms with Gasteiger partial charge in [0.1, 0.15) is 5.82 Å². The first kappa shape index (κ1) is 17.7. The van der Waals surface area contributed by atoms with E-state index >= 15 is 0 Å². The molecule has 0 saturated heterocycles. The van der Waals surface area contributed by atoms with Gasteiger partial charge in [0.25, 0.3) is 0 Å². The first-order chi connectivity index (χ1) is 12.1. The van der Waals surface area contributed by atoms with Crippen molar-refractivity contribution >= 4 is 47.1 Å². The van der Waals surface area contributed by atoms with Gasteiger partial charge in [-0.25, -0.2) is 4.98 Å². The Bertz CT molecular complexity index is 752. The van der Waals surface area contributed by atoms with Crippen LogP contribution in [-0.4, -0.2) is 57.3 Å². The molecule has 2 amide bonds. The molecule has 1 saturated carbocycles. The average Bonchev–Trinajstić information content (AvgIpc) is 3.08. The van der Waals surface area contributed by atoms with Crippen LogP contribution in [0.15, 0.2) is 22.7 Å². The predicted octanol–water partition coefficient (Wildman–Crippen LogP) is 1.87. The van der Waals surface area contributed by atoms with Crippen LogP contribution in [0.2, 0.25) is 0 Å². The molecule has 0 bridgehead atoms. The van der Waals surface area contributed by atoms with E-state index in [2.05, 4.69) is 20.5 Å². The van der Waals surface area contributed by atoms with E-state index in [0.717, 1.165) is 17.7 Å². The third-order valence-corrected chi connectivity index (χ3v) is 5.17. The van der Waals surface area contributed by atoms with Crippen molar-refractivity contribution in [2.75, 3.05) is 19.3 Å². The second kappa shape index (κ2) is 8.30. The number of H-pyrrole nitrogens is 1. The Morgan fingerprint density at radius 2 is 2.32 bits per heavy atom. The van der Waals surface area contributed by atoms with E-state index in [4.69, 9.17) is 0 Å². The third kappa shape index (κ3) is 5.71. The van der Waals surface area contributed by atoms with Crippen LogP contribution in [0.1, 0.15) is 23.5 Å². The Labute approximate surface area is 153 Å². The molecule has 2 aromatic heterocycles. The highest BCUT2D eigenvalue weighted by Gasteiger charge is 2.24. The molecule has 7 nitrogen and oxygen atoms in total. The molecule has 0 unspecified atom stereocenters. The maximum Gasteiger partial charge on any atom is 0.239 e. The maximum atomic E-state index is 12.1. The second-order valence-electron chi connectivity index (χ2n) is 5.73. The molecule has 3 rings (SSSR count). The minimum absolute atomic E-state index is 0.0820. The first-order valence-corrected chi connectivity index (χ1v) is 9.77. The SMILES string of the molecule is CN(CC(=O)NC1CC1)C(=O)CSc1n[nH]c(/C=C/c2cccs2)n1. The Balaban J connectivity index is 1.43. The van der Waals surface area contributed by atoms with Crippen LogP contribution in [-0.2, 0) is 9.59 Å². The third-order valence-electron chi connectivity index (χ3n) is 3.50. The maximum absolute atomic E-state index is 12.1. The molecule has 2 aromatic rings. The zero-order valence-corrected chi connectivity index (χ0v) is 15.4. The summed E-state index contributed by atoms with van der Waals surface area (Å²) in [6.07, 6.45) is 5.87. The largest absolute Gasteiger partial charge is 0.352 e. The molecule has 1 fully saturated rings. The number of thiophene rings is 1. The van der Waals surface area contributed by atoms with E-state index in [1.54, 1.807) is 18.4 Å². The number of aromatic amines is 1. The van der Waals surface area contributed by atoms with Crippen molar-refractivity contribution in [2.24, 2.45) is 0 Å². The van der Waals surface area contributed by atoms with E-state index < -0.39 is 0 Å². The lowest BCUT2D eigenvalue weighted by molar-refractivity contribution is -0.132. The first-order valence-electron chi connectivity index (χ1n) is 7.90. The van der Waals surface area contributed by atoms with Gasteiger partial charge in [-0.05, 0) is 36.4 Å². The average molecular weight is 377 g/mol. The summed E-state index contributed by atoms with van der Waals surface area (Å²) in [4.78, 5) is 30.7. The van der Waals surface area contributed by atoms with Gasteiger partial charge in [0.15, 0.2) is 0 Å². The number of thioether (sulfide) groups is 1. The summed E-state index contributed by atoms with van der Waals surface area (Å²) in [5, 5.41) is 12.3. The summed E-state index contributed by atoms with van der Waals surface area (Å²) in [6.45, 7) is 0.0820. The van der Waals surface area contributed by atoms with Crippen molar-refractivity contribution < 1.29 is 9.59 Å². The molecular formula is C16H19N5O2S2. The van der Waals surface area contributed by atoms with Crippen molar-refractivity contribution in [2.45, 2.75) is 24.0 Å². The predicted molar refractivity (Wildman–Crippen MR) is 99.2 cm³/mol. The lowest BCUT2D eigenvalue weighted by Crippen LogP contribution is -2.39. The fourth-order valence-corrected chi connectivity index (χ4v) is 3.35. The van der Waals surface area contributed by atoms with Crippen LogP contribution in [0.5, 0.6) is 0 Å². The quantitative estimate of drug-likeness (QED) is 0.685. The summed E-state index contributed by atoms with van der Waals surface area (Å²) in [5.74, 6) is 0.596. The van der Waals surface area contributed by atoms with Crippen LogP contribution < -0.4 is 5.32 Å². The molecule has 9 heteroatoms. The zero-order valence-electron chi connectivity index (χ0n) is 13.8. The van der Waals surface area contributed by atoms with Crippen LogP contribution in [0.25, 0.3) is 12.2 Å². The van der Waals surface area contributed by atoms with E-state index in [9.17, 15) is 9.59 Å². The highest BCUT2D eigenvalue weighted by Crippen LogP contribution is 2.18. The highest BCUT2D eigenvalue weighted by molar-refractivity contribution is 7.99. The molecular weight excluding hydrogens is 358 g/mol. The molecule has 0 atom stereocenters. The number of nitrogens with one attached hydrogen (secondary N) is 2. The fraction of sp³-hybridized carbons (Fsp3) is 0.375. The molecule has 2 N–H and O–H groups in total. The van der Waals surface area contributed by atoms with Gasteiger partial charge in [0.2, 0.25) is 17.0 Å².